The number of likely N-dealkylation sites (tertiary alicyclic amines) is 1. The van der Waals surface area contributed by atoms with E-state index in [4.69, 9.17) is 11.6 Å². The van der Waals surface area contributed by atoms with Gasteiger partial charge in [0, 0.05) is 49.7 Å². The molecule has 0 spiro atoms. The first-order valence-electron chi connectivity index (χ1n) is 11.7. The first kappa shape index (κ1) is 22.7. The second-order valence-corrected chi connectivity index (χ2v) is 9.52. The molecule has 1 aliphatic heterocycles. The highest BCUT2D eigenvalue weighted by molar-refractivity contribution is 6.33. The Morgan fingerprint density at radius 3 is 2.59 bits per heavy atom. The first-order chi connectivity index (χ1) is 16.5. The van der Waals surface area contributed by atoms with Crippen LogP contribution in [0.5, 0.6) is 0 Å². The molecule has 3 aromatic rings. The minimum absolute atomic E-state index is 0.00127. The average Bonchev–Trinajstić information content (AvgIpc) is 2.83. The Hall–Kier alpha value is -3.04. The van der Waals surface area contributed by atoms with Crippen LogP contribution in [-0.2, 0) is 11.2 Å². The molecule has 0 unspecified atom stereocenters. The summed E-state index contributed by atoms with van der Waals surface area (Å²) in [5.41, 5.74) is 1.50. The highest BCUT2D eigenvalue weighted by atomic mass is 35.5. The zero-order chi connectivity index (χ0) is 23.5. The average molecular weight is 482 g/mol. The van der Waals surface area contributed by atoms with Gasteiger partial charge in [0.1, 0.15) is 11.3 Å². The third-order valence-electron chi connectivity index (χ3n) is 6.59. The molecule has 1 saturated carbocycles. The first-order valence-corrected chi connectivity index (χ1v) is 12.1. The van der Waals surface area contributed by atoms with Crippen LogP contribution in [0.2, 0.25) is 5.15 Å². The molecule has 1 saturated heterocycles. The minimum atomic E-state index is -0.385. The number of pyridine rings is 2. The lowest BCUT2D eigenvalue weighted by molar-refractivity contribution is -0.140. The third-order valence-corrected chi connectivity index (χ3v) is 6.86. The topological polar surface area (TPSA) is 116 Å². The molecule has 10 heteroatoms. The van der Waals surface area contributed by atoms with Gasteiger partial charge in [-0.1, -0.05) is 11.6 Å². The van der Waals surface area contributed by atoms with Gasteiger partial charge in [-0.25, -0.2) is 19.9 Å². The van der Waals surface area contributed by atoms with Gasteiger partial charge in [0.2, 0.25) is 11.9 Å². The number of carbonyl (C=O) groups excluding carboxylic acids is 1. The van der Waals surface area contributed by atoms with Gasteiger partial charge in [0.15, 0.2) is 5.15 Å². The van der Waals surface area contributed by atoms with Crippen LogP contribution >= 0.6 is 11.6 Å². The molecular formula is C24H28ClN7O2. The van der Waals surface area contributed by atoms with Crippen molar-refractivity contribution in [1.29, 1.82) is 0 Å². The van der Waals surface area contributed by atoms with Gasteiger partial charge in [0.25, 0.3) is 0 Å². The fourth-order valence-electron chi connectivity index (χ4n) is 4.53. The number of nitrogens with zero attached hydrogens (tertiary/aromatic N) is 5. The number of nitrogens with one attached hydrogen (secondary N) is 2. The predicted molar refractivity (Wildman–Crippen MR) is 131 cm³/mol. The molecule has 9 nitrogen and oxygen atoms in total. The maximum Gasteiger partial charge on any atom is 0.227 e. The van der Waals surface area contributed by atoms with E-state index < -0.39 is 0 Å². The van der Waals surface area contributed by atoms with Crippen molar-refractivity contribution in [3.63, 3.8) is 0 Å². The summed E-state index contributed by atoms with van der Waals surface area (Å²) in [6.45, 7) is 1.66. The number of halogens is 1. The molecule has 34 heavy (non-hydrogen) atoms. The zero-order valence-corrected chi connectivity index (χ0v) is 19.6. The normalized spacial score (nSPS) is 20.7. The number of rotatable bonds is 7. The van der Waals surface area contributed by atoms with Crippen LogP contribution in [0, 0.1) is 5.92 Å². The molecule has 2 fully saturated rings. The second-order valence-electron chi connectivity index (χ2n) is 9.16. The molecule has 1 aliphatic carbocycles. The molecule has 5 rings (SSSR count). The van der Waals surface area contributed by atoms with E-state index in [1.807, 2.05) is 18.2 Å². The van der Waals surface area contributed by atoms with Crippen LogP contribution < -0.4 is 10.6 Å². The van der Waals surface area contributed by atoms with Crippen molar-refractivity contribution in [2.75, 3.05) is 30.3 Å². The minimum Gasteiger partial charge on any atom is -0.389 e. The van der Waals surface area contributed by atoms with Crippen molar-refractivity contribution in [1.82, 2.24) is 24.8 Å². The van der Waals surface area contributed by atoms with Gasteiger partial charge in [0.05, 0.1) is 12.5 Å². The predicted octanol–water partition coefficient (Wildman–Crippen LogP) is 2.90. The Labute approximate surface area is 203 Å². The number of β-amino-alcohol motifs (C(OH)–C–C–N with tert-alkyl or cyclic N) is 1. The van der Waals surface area contributed by atoms with E-state index in [9.17, 15) is 9.90 Å². The van der Waals surface area contributed by atoms with E-state index in [-0.39, 0.29) is 18.4 Å². The van der Waals surface area contributed by atoms with Crippen LogP contribution in [0.4, 0.5) is 11.8 Å². The third kappa shape index (κ3) is 5.37. The molecule has 1 amide bonds. The number of aromatic nitrogens is 4. The van der Waals surface area contributed by atoms with E-state index in [1.165, 1.54) is 0 Å². The lowest BCUT2D eigenvalue weighted by Gasteiger charge is -2.35. The molecule has 2 aliphatic rings. The molecule has 0 bridgehead atoms. The Morgan fingerprint density at radius 1 is 1.09 bits per heavy atom. The van der Waals surface area contributed by atoms with Crippen LogP contribution in [0.3, 0.4) is 0 Å². The van der Waals surface area contributed by atoms with Crippen LogP contribution in [0.15, 0.2) is 36.8 Å². The van der Waals surface area contributed by atoms with Gasteiger partial charge < -0.3 is 20.6 Å². The largest absolute Gasteiger partial charge is 0.389 e. The molecule has 178 valence electrons. The van der Waals surface area contributed by atoms with Crippen molar-refractivity contribution in [3.8, 4) is 0 Å². The summed E-state index contributed by atoms with van der Waals surface area (Å²) < 4.78 is 0. The van der Waals surface area contributed by atoms with E-state index in [1.54, 1.807) is 23.5 Å². The zero-order valence-electron chi connectivity index (χ0n) is 18.8. The number of fused-ring (bicyclic) bond motifs is 1. The van der Waals surface area contributed by atoms with Gasteiger partial charge in [-0.05, 0) is 55.4 Å². The molecule has 3 N–H and O–H groups in total. The Bertz CT molecular complexity index is 1150. The number of carbonyl (C=O) groups is 1. The van der Waals surface area contributed by atoms with Crippen molar-refractivity contribution in [3.05, 3.63) is 47.5 Å². The van der Waals surface area contributed by atoms with E-state index >= 15 is 0 Å². The Balaban J connectivity index is 1.05. The van der Waals surface area contributed by atoms with E-state index in [0.29, 0.717) is 36.2 Å². The van der Waals surface area contributed by atoms with Crippen molar-refractivity contribution < 1.29 is 9.90 Å². The smallest absolute Gasteiger partial charge is 0.227 e. The Kier molecular flexibility index (Phi) is 6.73. The highest BCUT2D eigenvalue weighted by Gasteiger charge is 2.28. The lowest BCUT2D eigenvalue weighted by Crippen LogP contribution is -2.53. The standard InChI is InChI=1S/C24H28ClN7O2/c25-23-22-17(7-8-26-23)3-6-20(31-22)30-18-4-1-15(2-5-18)10-27-24-28-11-16(12-29-24)9-21(34)32-13-19(33)14-32/h3,6-8,11-12,15,18-19,33H,1-2,4-5,9-10,13-14H2,(H,30,31)(H,27,28,29). The van der Waals surface area contributed by atoms with E-state index in [2.05, 4.69) is 30.6 Å². The lowest BCUT2D eigenvalue weighted by atomic mass is 9.86. The summed E-state index contributed by atoms with van der Waals surface area (Å²) in [5, 5.41) is 17.6. The van der Waals surface area contributed by atoms with E-state index in [0.717, 1.165) is 54.5 Å². The van der Waals surface area contributed by atoms with Gasteiger partial charge in [-0.3, -0.25) is 4.79 Å². The molecule has 0 atom stereocenters. The van der Waals surface area contributed by atoms with Gasteiger partial charge in [-0.15, -0.1) is 0 Å². The number of amides is 1. The SMILES string of the molecule is O=C(Cc1cnc(NCC2CCC(Nc3ccc4ccnc(Cl)c4n3)CC2)nc1)N1CC(O)C1. The molecular weight excluding hydrogens is 454 g/mol. The summed E-state index contributed by atoms with van der Waals surface area (Å²) in [4.78, 5) is 31.2. The summed E-state index contributed by atoms with van der Waals surface area (Å²) in [6.07, 6.45) is 9.31. The molecule has 4 heterocycles. The summed E-state index contributed by atoms with van der Waals surface area (Å²) in [6, 6.07) is 6.31. The van der Waals surface area contributed by atoms with Crippen LogP contribution in [-0.4, -0.2) is 67.6 Å². The summed E-state index contributed by atoms with van der Waals surface area (Å²) in [5.74, 6) is 1.98. The Morgan fingerprint density at radius 2 is 1.85 bits per heavy atom. The number of hydrogen-bond acceptors (Lipinski definition) is 8. The molecule has 0 radical (unpaired) electrons. The van der Waals surface area contributed by atoms with Gasteiger partial charge in [-0.2, -0.15) is 0 Å². The van der Waals surface area contributed by atoms with Crippen LogP contribution in [0.25, 0.3) is 10.9 Å². The highest BCUT2D eigenvalue weighted by Crippen LogP contribution is 2.28. The fourth-order valence-corrected chi connectivity index (χ4v) is 4.74. The van der Waals surface area contributed by atoms with Crippen molar-refractivity contribution in [2.45, 2.75) is 44.2 Å². The summed E-state index contributed by atoms with van der Waals surface area (Å²) in [7, 11) is 0. The van der Waals surface area contributed by atoms with Crippen molar-refractivity contribution in [2.24, 2.45) is 5.92 Å². The monoisotopic (exact) mass is 481 g/mol. The maximum absolute atomic E-state index is 12.1. The summed E-state index contributed by atoms with van der Waals surface area (Å²) >= 11 is 6.19. The number of aliphatic hydroxyl groups is 1. The molecule has 0 aromatic carbocycles. The quantitative estimate of drug-likeness (QED) is 0.441. The maximum atomic E-state index is 12.1. The van der Waals surface area contributed by atoms with Crippen LogP contribution in [0.1, 0.15) is 31.2 Å². The number of aliphatic hydroxyl groups excluding tert-OH is 1. The molecule has 3 aromatic heterocycles. The fraction of sp³-hybridized carbons (Fsp3) is 0.458. The van der Waals surface area contributed by atoms with Crippen molar-refractivity contribution >= 4 is 40.2 Å². The number of hydrogen-bond donors (Lipinski definition) is 3. The van der Waals surface area contributed by atoms with Gasteiger partial charge >= 0.3 is 0 Å². The number of anilines is 2. The second kappa shape index (κ2) is 10.1.